The minimum Gasteiger partial charge on any atom is -0.457 e. The largest absolute Gasteiger partial charge is 0.457 e. The Hall–Kier alpha value is -6.18. The predicted molar refractivity (Wildman–Crippen MR) is 172 cm³/mol. The van der Waals surface area contributed by atoms with Crippen molar-refractivity contribution in [2.45, 2.75) is 31.6 Å². The topological polar surface area (TPSA) is 93.2 Å². The standard InChI is InChI=1S/C37H24F6N2O6/c1-21-19-23(3-13-29(21)50-27-9-5-25(6-10-27)44-31(46)15-16-32(44)47)35(36(38,39)40,37(41,42)43)24-4-14-30(22(2)20-24)51-28-11-7-26(8-12-28)45-33(48)17-18-34(45)49/h3-20H,1-2H3. The van der Waals surface area contributed by atoms with Gasteiger partial charge in [0.15, 0.2) is 0 Å². The molecule has 51 heavy (non-hydrogen) atoms. The van der Waals surface area contributed by atoms with E-state index in [-0.39, 0.29) is 45.5 Å². The summed E-state index contributed by atoms with van der Waals surface area (Å²) in [7, 11) is 0. The monoisotopic (exact) mass is 706 g/mol. The number of rotatable bonds is 8. The third kappa shape index (κ3) is 6.13. The summed E-state index contributed by atoms with van der Waals surface area (Å²) >= 11 is 0. The zero-order chi connectivity index (χ0) is 36.9. The summed E-state index contributed by atoms with van der Waals surface area (Å²) in [5.41, 5.74) is -6.21. The number of aryl methyl sites for hydroxylation is 2. The number of amides is 4. The average molecular weight is 707 g/mol. The van der Waals surface area contributed by atoms with Crippen molar-refractivity contribution in [2.24, 2.45) is 0 Å². The molecule has 0 spiro atoms. The fourth-order valence-electron chi connectivity index (χ4n) is 5.87. The number of anilines is 2. The highest BCUT2D eigenvalue weighted by Gasteiger charge is 2.72. The van der Waals surface area contributed by atoms with Crippen LogP contribution >= 0.6 is 0 Å². The van der Waals surface area contributed by atoms with E-state index in [0.717, 1.165) is 58.4 Å². The molecule has 0 saturated heterocycles. The zero-order valence-corrected chi connectivity index (χ0v) is 26.5. The van der Waals surface area contributed by atoms with Gasteiger partial charge >= 0.3 is 12.4 Å². The minimum absolute atomic E-state index is 0.0274. The van der Waals surface area contributed by atoms with E-state index in [9.17, 15) is 45.5 Å². The second-order valence-corrected chi connectivity index (χ2v) is 11.6. The average Bonchev–Trinajstić information content (AvgIpc) is 3.58. The summed E-state index contributed by atoms with van der Waals surface area (Å²) in [6.45, 7) is 2.61. The van der Waals surface area contributed by atoms with Crippen LogP contribution in [0, 0.1) is 13.8 Å². The molecule has 0 saturated carbocycles. The van der Waals surface area contributed by atoms with Gasteiger partial charge in [-0.15, -0.1) is 0 Å². The number of imide groups is 2. The highest BCUT2D eigenvalue weighted by Crippen LogP contribution is 2.57. The van der Waals surface area contributed by atoms with Gasteiger partial charge in [-0.25, -0.2) is 9.80 Å². The first-order valence-electron chi connectivity index (χ1n) is 15.0. The molecule has 260 valence electrons. The van der Waals surface area contributed by atoms with Crippen molar-refractivity contribution in [1.29, 1.82) is 0 Å². The Kier molecular flexibility index (Phi) is 8.57. The van der Waals surface area contributed by atoms with Crippen LogP contribution in [-0.4, -0.2) is 36.0 Å². The van der Waals surface area contributed by atoms with Crippen molar-refractivity contribution in [3.8, 4) is 23.0 Å². The van der Waals surface area contributed by atoms with Crippen molar-refractivity contribution in [3.05, 3.63) is 131 Å². The number of halogens is 6. The van der Waals surface area contributed by atoms with E-state index in [1.807, 2.05) is 0 Å². The number of carbonyl (C=O) groups excluding carboxylic acids is 4. The molecule has 2 aliphatic heterocycles. The van der Waals surface area contributed by atoms with Gasteiger partial charge in [0.05, 0.1) is 11.4 Å². The maximum absolute atomic E-state index is 14.9. The van der Waals surface area contributed by atoms with Crippen LogP contribution < -0.4 is 19.3 Å². The summed E-state index contributed by atoms with van der Waals surface area (Å²) in [5.74, 6) is -1.94. The summed E-state index contributed by atoms with van der Waals surface area (Å²) < 4.78 is 101. The number of hydrogen-bond acceptors (Lipinski definition) is 6. The summed E-state index contributed by atoms with van der Waals surface area (Å²) in [5, 5.41) is 0. The third-order valence-electron chi connectivity index (χ3n) is 8.33. The van der Waals surface area contributed by atoms with Crippen LogP contribution in [0.2, 0.25) is 0 Å². The van der Waals surface area contributed by atoms with Gasteiger partial charge in [-0.3, -0.25) is 19.2 Å². The Bertz CT molecular complexity index is 1950. The maximum atomic E-state index is 14.9. The number of carbonyl (C=O) groups is 4. The number of ether oxygens (including phenoxy) is 2. The Morgan fingerprint density at radius 2 is 0.784 bits per heavy atom. The molecule has 4 aromatic rings. The van der Waals surface area contributed by atoms with Crippen molar-refractivity contribution in [3.63, 3.8) is 0 Å². The first kappa shape index (κ1) is 34.7. The van der Waals surface area contributed by atoms with Gasteiger partial charge in [0, 0.05) is 24.3 Å². The van der Waals surface area contributed by atoms with Crippen LogP contribution in [0.4, 0.5) is 37.7 Å². The van der Waals surface area contributed by atoms with Gasteiger partial charge in [0.2, 0.25) is 5.41 Å². The first-order chi connectivity index (χ1) is 24.0. The SMILES string of the molecule is Cc1cc(C(c2ccc(Oc3ccc(N4C(=O)C=CC4=O)cc3)c(C)c2)(C(F)(F)F)C(F)(F)F)ccc1Oc1ccc(N2C(=O)C=CC2=O)cc1. The van der Waals surface area contributed by atoms with E-state index < -0.39 is 52.5 Å². The molecule has 4 amide bonds. The molecular weight excluding hydrogens is 682 g/mol. The smallest absolute Gasteiger partial charge is 0.411 e. The summed E-state index contributed by atoms with van der Waals surface area (Å²) in [4.78, 5) is 49.6. The molecule has 0 atom stereocenters. The fraction of sp³-hybridized carbons (Fsp3) is 0.135. The Morgan fingerprint density at radius 3 is 1.06 bits per heavy atom. The van der Waals surface area contributed by atoms with Crippen molar-refractivity contribution < 1.29 is 55.0 Å². The third-order valence-corrected chi connectivity index (χ3v) is 8.33. The molecule has 0 aliphatic carbocycles. The molecule has 0 unspecified atom stereocenters. The van der Waals surface area contributed by atoms with Crippen LogP contribution in [0.5, 0.6) is 23.0 Å². The van der Waals surface area contributed by atoms with Gasteiger partial charge < -0.3 is 9.47 Å². The zero-order valence-electron chi connectivity index (χ0n) is 26.5. The molecule has 14 heteroatoms. The van der Waals surface area contributed by atoms with E-state index in [0.29, 0.717) is 12.1 Å². The van der Waals surface area contributed by atoms with Crippen molar-refractivity contribution >= 4 is 35.0 Å². The second-order valence-electron chi connectivity index (χ2n) is 11.6. The van der Waals surface area contributed by atoms with E-state index in [4.69, 9.17) is 9.47 Å². The van der Waals surface area contributed by atoms with E-state index in [1.165, 1.54) is 62.4 Å². The molecule has 8 nitrogen and oxygen atoms in total. The molecule has 4 aromatic carbocycles. The van der Waals surface area contributed by atoms with E-state index >= 15 is 0 Å². The lowest BCUT2D eigenvalue weighted by Crippen LogP contribution is -2.54. The van der Waals surface area contributed by atoms with Gasteiger partial charge in [-0.1, -0.05) is 24.3 Å². The van der Waals surface area contributed by atoms with Gasteiger partial charge in [-0.05, 0) is 96.8 Å². The van der Waals surface area contributed by atoms with Crippen LogP contribution in [0.25, 0.3) is 0 Å². The molecular formula is C37H24F6N2O6. The highest BCUT2D eigenvalue weighted by atomic mass is 19.4. The van der Waals surface area contributed by atoms with Gasteiger partial charge in [0.1, 0.15) is 23.0 Å². The lowest BCUT2D eigenvalue weighted by atomic mass is 9.72. The van der Waals surface area contributed by atoms with Gasteiger partial charge in [-0.2, -0.15) is 26.3 Å². The Labute approximate surface area is 285 Å². The lowest BCUT2D eigenvalue weighted by molar-refractivity contribution is -0.288. The lowest BCUT2D eigenvalue weighted by Gasteiger charge is -2.38. The van der Waals surface area contributed by atoms with E-state index in [1.54, 1.807) is 0 Å². The predicted octanol–water partition coefficient (Wildman–Crippen LogP) is 8.16. The normalized spacial score (nSPS) is 15.0. The molecule has 2 aliphatic rings. The fourth-order valence-corrected chi connectivity index (χ4v) is 5.87. The second kappa shape index (κ2) is 12.6. The number of benzene rings is 4. The van der Waals surface area contributed by atoms with Gasteiger partial charge in [0.25, 0.3) is 23.6 Å². The Morgan fingerprint density at radius 1 is 0.471 bits per heavy atom. The van der Waals surface area contributed by atoms with E-state index in [2.05, 4.69) is 0 Å². The highest BCUT2D eigenvalue weighted by molar-refractivity contribution is 6.28. The quantitative estimate of drug-likeness (QED) is 0.136. The first-order valence-corrected chi connectivity index (χ1v) is 15.0. The number of nitrogens with zero attached hydrogens (tertiary/aromatic N) is 2. The van der Waals surface area contributed by atoms with Crippen LogP contribution in [-0.2, 0) is 24.6 Å². The van der Waals surface area contributed by atoms with Crippen molar-refractivity contribution in [1.82, 2.24) is 0 Å². The molecule has 2 heterocycles. The van der Waals surface area contributed by atoms with Crippen molar-refractivity contribution in [2.75, 3.05) is 9.80 Å². The molecule has 6 rings (SSSR count). The van der Waals surface area contributed by atoms with Crippen LogP contribution in [0.15, 0.2) is 109 Å². The molecule has 0 N–H and O–H groups in total. The minimum atomic E-state index is -5.85. The summed E-state index contributed by atoms with van der Waals surface area (Å²) in [6.07, 6.45) is -7.28. The number of alkyl halides is 6. The molecule has 0 bridgehead atoms. The number of hydrogen-bond donors (Lipinski definition) is 0. The van der Waals surface area contributed by atoms with Crippen LogP contribution in [0.1, 0.15) is 22.3 Å². The molecule has 0 radical (unpaired) electrons. The maximum Gasteiger partial charge on any atom is 0.411 e. The molecule has 0 fully saturated rings. The van der Waals surface area contributed by atoms with Crippen LogP contribution in [0.3, 0.4) is 0 Å². The molecule has 0 aromatic heterocycles. The summed E-state index contributed by atoms with van der Waals surface area (Å²) in [6, 6.07) is 16.2. The Balaban J connectivity index is 1.29.